The van der Waals surface area contributed by atoms with E-state index in [9.17, 15) is 27.9 Å². The maximum atomic E-state index is 13.1. The van der Waals surface area contributed by atoms with Crippen LogP contribution in [0.15, 0.2) is 28.8 Å². The Labute approximate surface area is 158 Å². The number of alkyl halides is 3. The van der Waals surface area contributed by atoms with E-state index in [-0.39, 0.29) is 29.5 Å². The van der Waals surface area contributed by atoms with Crippen LogP contribution in [0.25, 0.3) is 11.3 Å². The number of carbonyl (C=O) groups is 2. The SMILES string of the molecule is Cc1onc(-c2ccc(C(F)(F)F)cc2)c1C(=O)N1CC(C)CC(C(=O)O)C1. The van der Waals surface area contributed by atoms with E-state index in [1.807, 2.05) is 6.92 Å². The van der Waals surface area contributed by atoms with Gasteiger partial charge in [0.2, 0.25) is 0 Å². The Kier molecular flexibility index (Phi) is 5.18. The van der Waals surface area contributed by atoms with Crippen molar-refractivity contribution in [2.45, 2.75) is 26.4 Å². The normalized spacial score (nSPS) is 20.2. The fourth-order valence-corrected chi connectivity index (χ4v) is 3.49. The van der Waals surface area contributed by atoms with Crippen LogP contribution in [-0.4, -0.2) is 40.1 Å². The average molecular weight is 396 g/mol. The van der Waals surface area contributed by atoms with Crippen molar-refractivity contribution >= 4 is 11.9 Å². The molecule has 1 saturated heterocycles. The zero-order valence-electron chi connectivity index (χ0n) is 15.3. The molecule has 2 aromatic rings. The quantitative estimate of drug-likeness (QED) is 0.852. The molecule has 1 aromatic carbocycles. The zero-order chi connectivity index (χ0) is 20.6. The number of aliphatic carboxylic acids is 1. The first-order chi connectivity index (χ1) is 13.1. The van der Waals surface area contributed by atoms with Crippen LogP contribution in [0.3, 0.4) is 0 Å². The van der Waals surface area contributed by atoms with Crippen LogP contribution in [-0.2, 0) is 11.0 Å². The van der Waals surface area contributed by atoms with Crippen molar-refractivity contribution in [3.8, 4) is 11.3 Å². The lowest BCUT2D eigenvalue weighted by Crippen LogP contribution is -2.45. The molecule has 2 atom stereocenters. The summed E-state index contributed by atoms with van der Waals surface area (Å²) < 4.78 is 43.4. The molecule has 1 amide bonds. The predicted octanol–water partition coefficient (Wildman–Crippen LogP) is 3.85. The number of amides is 1. The van der Waals surface area contributed by atoms with Gasteiger partial charge in [-0.05, 0) is 31.4 Å². The van der Waals surface area contributed by atoms with Crippen LogP contribution in [0.1, 0.15) is 35.0 Å². The van der Waals surface area contributed by atoms with Gasteiger partial charge in [0.15, 0.2) is 0 Å². The Morgan fingerprint density at radius 3 is 2.43 bits per heavy atom. The first-order valence-electron chi connectivity index (χ1n) is 8.74. The third-order valence-corrected chi connectivity index (χ3v) is 4.86. The summed E-state index contributed by atoms with van der Waals surface area (Å²) in [6, 6.07) is 4.29. The zero-order valence-corrected chi connectivity index (χ0v) is 15.3. The molecule has 1 N–H and O–H groups in total. The molecule has 9 heteroatoms. The highest BCUT2D eigenvalue weighted by Crippen LogP contribution is 2.33. The fraction of sp³-hybridized carbons (Fsp3) is 0.421. The number of likely N-dealkylation sites (tertiary alicyclic amines) is 1. The van der Waals surface area contributed by atoms with E-state index in [1.54, 1.807) is 0 Å². The number of carbonyl (C=O) groups excluding carboxylic acids is 1. The van der Waals surface area contributed by atoms with E-state index < -0.39 is 29.5 Å². The molecule has 3 rings (SSSR count). The van der Waals surface area contributed by atoms with Gasteiger partial charge < -0.3 is 14.5 Å². The number of rotatable bonds is 3. The highest BCUT2D eigenvalue weighted by atomic mass is 19.4. The number of hydrogen-bond donors (Lipinski definition) is 1. The van der Waals surface area contributed by atoms with Gasteiger partial charge in [0.1, 0.15) is 17.0 Å². The fourth-order valence-electron chi connectivity index (χ4n) is 3.49. The molecule has 2 heterocycles. The molecule has 1 aliphatic rings. The summed E-state index contributed by atoms with van der Waals surface area (Å²) in [5, 5.41) is 13.2. The lowest BCUT2D eigenvalue weighted by molar-refractivity contribution is -0.143. The van der Waals surface area contributed by atoms with Gasteiger partial charge in [-0.15, -0.1) is 0 Å². The smallest absolute Gasteiger partial charge is 0.416 e. The largest absolute Gasteiger partial charge is 0.481 e. The second-order valence-electron chi connectivity index (χ2n) is 7.12. The van der Waals surface area contributed by atoms with Crippen LogP contribution < -0.4 is 0 Å². The summed E-state index contributed by atoms with van der Waals surface area (Å²) in [7, 11) is 0. The molecule has 28 heavy (non-hydrogen) atoms. The number of carboxylic acids is 1. The number of nitrogens with zero attached hydrogens (tertiary/aromatic N) is 2. The molecule has 1 aromatic heterocycles. The number of piperidine rings is 1. The van der Waals surface area contributed by atoms with E-state index in [4.69, 9.17) is 4.52 Å². The Balaban J connectivity index is 1.92. The third kappa shape index (κ3) is 3.88. The predicted molar refractivity (Wildman–Crippen MR) is 92.5 cm³/mol. The minimum Gasteiger partial charge on any atom is -0.481 e. The van der Waals surface area contributed by atoms with Crippen LogP contribution >= 0.6 is 0 Å². The molecule has 0 spiro atoms. The number of aryl methyl sites for hydroxylation is 1. The van der Waals surface area contributed by atoms with Crippen LogP contribution in [0.2, 0.25) is 0 Å². The number of carboxylic acid groups (broad SMARTS) is 1. The summed E-state index contributed by atoms with van der Waals surface area (Å²) in [4.78, 5) is 25.9. The molecule has 6 nitrogen and oxygen atoms in total. The van der Waals surface area contributed by atoms with E-state index in [0.717, 1.165) is 12.1 Å². The lowest BCUT2D eigenvalue weighted by Gasteiger charge is -2.34. The Morgan fingerprint density at radius 2 is 1.86 bits per heavy atom. The summed E-state index contributed by atoms with van der Waals surface area (Å²) in [6.07, 6.45) is -3.99. The van der Waals surface area contributed by atoms with Crippen molar-refractivity contribution in [3.63, 3.8) is 0 Å². The van der Waals surface area contributed by atoms with Gasteiger partial charge in [0, 0.05) is 18.7 Å². The van der Waals surface area contributed by atoms with Crippen molar-refractivity contribution in [1.82, 2.24) is 10.1 Å². The summed E-state index contributed by atoms with van der Waals surface area (Å²) in [5.74, 6) is -1.83. The molecule has 1 fully saturated rings. The maximum Gasteiger partial charge on any atom is 0.416 e. The summed E-state index contributed by atoms with van der Waals surface area (Å²) in [5.41, 5.74) is -0.217. The van der Waals surface area contributed by atoms with Crippen molar-refractivity contribution in [2.24, 2.45) is 11.8 Å². The highest BCUT2D eigenvalue weighted by Gasteiger charge is 2.35. The first-order valence-corrected chi connectivity index (χ1v) is 8.74. The monoisotopic (exact) mass is 396 g/mol. The van der Waals surface area contributed by atoms with Crippen LogP contribution in [0.4, 0.5) is 13.2 Å². The number of aromatic nitrogens is 1. The minimum atomic E-state index is -4.47. The van der Waals surface area contributed by atoms with Crippen molar-refractivity contribution < 1.29 is 32.4 Å². The van der Waals surface area contributed by atoms with Gasteiger partial charge in [-0.2, -0.15) is 13.2 Å². The van der Waals surface area contributed by atoms with Gasteiger partial charge in [0.25, 0.3) is 5.91 Å². The third-order valence-electron chi connectivity index (χ3n) is 4.86. The highest BCUT2D eigenvalue weighted by molar-refractivity contribution is 6.01. The second kappa shape index (κ2) is 7.29. The molecule has 1 aliphatic heterocycles. The Hall–Kier alpha value is -2.84. The number of hydrogen-bond acceptors (Lipinski definition) is 4. The van der Waals surface area contributed by atoms with Crippen LogP contribution in [0.5, 0.6) is 0 Å². The average Bonchev–Trinajstić information content (AvgIpc) is 3.01. The Morgan fingerprint density at radius 1 is 1.21 bits per heavy atom. The molecule has 0 bridgehead atoms. The molecule has 0 aliphatic carbocycles. The van der Waals surface area contributed by atoms with Crippen LogP contribution in [0, 0.1) is 18.8 Å². The summed E-state index contributed by atoms with van der Waals surface area (Å²) in [6.45, 7) is 3.86. The molecule has 2 unspecified atom stereocenters. The molecule has 150 valence electrons. The first kappa shape index (κ1) is 19.9. The molecule has 0 saturated carbocycles. The van der Waals surface area contributed by atoms with Gasteiger partial charge in [-0.1, -0.05) is 24.2 Å². The van der Waals surface area contributed by atoms with Gasteiger partial charge in [-0.25, -0.2) is 0 Å². The van der Waals surface area contributed by atoms with Crippen molar-refractivity contribution in [3.05, 3.63) is 41.2 Å². The molecular weight excluding hydrogens is 377 g/mol. The lowest BCUT2D eigenvalue weighted by atomic mass is 9.90. The summed E-state index contributed by atoms with van der Waals surface area (Å²) >= 11 is 0. The van der Waals surface area contributed by atoms with Crippen molar-refractivity contribution in [2.75, 3.05) is 13.1 Å². The van der Waals surface area contributed by atoms with E-state index >= 15 is 0 Å². The van der Waals surface area contributed by atoms with E-state index in [1.165, 1.54) is 24.0 Å². The number of halogens is 3. The van der Waals surface area contributed by atoms with E-state index in [0.29, 0.717) is 18.5 Å². The van der Waals surface area contributed by atoms with E-state index in [2.05, 4.69) is 5.16 Å². The standard InChI is InChI=1S/C19H19F3N2O4/c1-10-7-13(18(26)27)9-24(8-10)17(25)15-11(2)28-23-16(15)12-3-5-14(6-4-12)19(20,21)22/h3-6,10,13H,7-9H2,1-2H3,(H,26,27). The number of benzene rings is 1. The van der Waals surface area contributed by atoms with Gasteiger partial charge >= 0.3 is 12.1 Å². The topological polar surface area (TPSA) is 83.6 Å². The van der Waals surface area contributed by atoms with Crippen molar-refractivity contribution in [1.29, 1.82) is 0 Å². The van der Waals surface area contributed by atoms with Gasteiger partial charge in [0.05, 0.1) is 11.5 Å². The molecule has 0 radical (unpaired) electrons. The second-order valence-corrected chi connectivity index (χ2v) is 7.12. The van der Waals surface area contributed by atoms with Gasteiger partial charge in [-0.3, -0.25) is 9.59 Å². The minimum absolute atomic E-state index is 0.00786. The Bertz CT molecular complexity index is 890. The molecular formula is C19H19F3N2O4. The maximum absolute atomic E-state index is 13.1.